The van der Waals surface area contributed by atoms with Crippen molar-refractivity contribution in [2.45, 2.75) is 40.2 Å². The highest BCUT2D eigenvalue weighted by atomic mass is 16.4. The Kier molecular flexibility index (Phi) is 3.81. The van der Waals surface area contributed by atoms with Gasteiger partial charge in [0, 0.05) is 24.5 Å². The van der Waals surface area contributed by atoms with Crippen LogP contribution in [0, 0.1) is 12.3 Å². The minimum atomic E-state index is -0.871. The van der Waals surface area contributed by atoms with Crippen molar-refractivity contribution in [3.63, 3.8) is 0 Å². The zero-order valence-electron chi connectivity index (χ0n) is 14.4. The molecule has 0 radical (unpaired) electrons. The van der Waals surface area contributed by atoms with Gasteiger partial charge in [0.25, 0.3) is 5.91 Å². The molecule has 0 bridgehead atoms. The Morgan fingerprint density at radius 2 is 2.08 bits per heavy atom. The predicted molar refractivity (Wildman–Crippen MR) is 88.9 cm³/mol. The molecule has 2 aromatic rings. The molecule has 1 unspecified atom stereocenters. The van der Waals surface area contributed by atoms with Crippen LogP contribution in [0.1, 0.15) is 49.3 Å². The summed E-state index contributed by atoms with van der Waals surface area (Å²) in [5, 5.41) is 14.5. The number of aromatic nitrogens is 3. The first-order valence-electron chi connectivity index (χ1n) is 8.10. The van der Waals surface area contributed by atoms with Gasteiger partial charge in [0.2, 0.25) is 0 Å². The van der Waals surface area contributed by atoms with Gasteiger partial charge >= 0.3 is 5.97 Å². The molecule has 3 rings (SSSR count). The van der Waals surface area contributed by atoms with E-state index in [1.807, 2.05) is 24.6 Å². The summed E-state index contributed by atoms with van der Waals surface area (Å²) in [6.07, 6.45) is 2.18. The number of hydrogen-bond acceptors (Lipinski definition) is 4. The Balaban J connectivity index is 1.94. The molecule has 1 amide bonds. The van der Waals surface area contributed by atoms with Gasteiger partial charge in [0.15, 0.2) is 5.65 Å². The van der Waals surface area contributed by atoms with Crippen LogP contribution < -0.4 is 0 Å². The van der Waals surface area contributed by atoms with Gasteiger partial charge < -0.3 is 10.0 Å². The lowest BCUT2D eigenvalue weighted by molar-refractivity contribution is -0.147. The van der Waals surface area contributed by atoms with E-state index in [1.165, 1.54) is 0 Å². The van der Waals surface area contributed by atoms with Gasteiger partial charge in [-0.05, 0) is 40.2 Å². The summed E-state index contributed by atoms with van der Waals surface area (Å²) in [6, 6.07) is 1.99. The molecule has 0 aromatic carbocycles. The molecule has 7 nitrogen and oxygen atoms in total. The van der Waals surface area contributed by atoms with E-state index < -0.39 is 11.4 Å². The number of aliphatic carboxylic acids is 1. The quantitative estimate of drug-likeness (QED) is 0.932. The van der Waals surface area contributed by atoms with Gasteiger partial charge in [0.05, 0.1) is 22.9 Å². The Hall–Kier alpha value is -2.44. The van der Waals surface area contributed by atoms with Crippen molar-refractivity contribution in [2.75, 3.05) is 13.1 Å². The second kappa shape index (κ2) is 5.58. The third kappa shape index (κ3) is 2.53. The summed E-state index contributed by atoms with van der Waals surface area (Å²) in [5.74, 6) is -1.02. The fraction of sp³-hybridized carbons (Fsp3) is 0.529. The van der Waals surface area contributed by atoms with E-state index in [0.717, 1.165) is 11.0 Å². The van der Waals surface area contributed by atoms with Crippen LogP contribution in [-0.2, 0) is 4.79 Å². The van der Waals surface area contributed by atoms with Crippen molar-refractivity contribution >= 4 is 22.9 Å². The first-order valence-corrected chi connectivity index (χ1v) is 8.10. The number of hydrogen-bond donors (Lipinski definition) is 1. The van der Waals surface area contributed by atoms with Crippen LogP contribution in [0.3, 0.4) is 0 Å². The Bertz CT molecular complexity index is 827. The summed E-state index contributed by atoms with van der Waals surface area (Å²) < 4.78 is 1.83. The molecule has 0 aliphatic carbocycles. The minimum Gasteiger partial charge on any atom is -0.481 e. The molecule has 1 N–H and O–H groups in total. The average Bonchev–Trinajstić information content (AvgIpc) is 3.10. The zero-order valence-corrected chi connectivity index (χ0v) is 14.4. The molecule has 1 saturated heterocycles. The number of carboxylic acids is 1. The summed E-state index contributed by atoms with van der Waals surface area (Å²) in [5.41, 5.74) is 1.04. The highest BCUT2D eigenvalue weighted by Gasteiger charge is 2.42. The smallest absolute Gasteiger partial charge is 0.311 e. The van der Waals surface area contributed by atoms with Crippen LogP contribution in [0.5, 0.6) is 0 Å². The molecule has 1 aliphatic heterocycles. The maximum atomic E-state index is 12.8. The summed E-state index contributed by atoms with van der Waals surface area (Å²) in [4.78, 5) is 30.4. The summed E-state index contributed by atoms with van der Waals surface area (Å²) in [6.45, 7) is 8.22. The monoisotopic (exact) mass is 330 g/mol. The third-order valence-electron chi connectivity index (χ3n) is 4.76. The van der Waals surface area contributed by atoms with Crippen LogP contribution in [0.2, 0.25) is 0 Å². The molecule has 2 aromatic heterocycles. The number of rotatable bonds is 3. The topological polar surface area (TPSA) is 88.3 Å². The van der Waals surface area contributed by atoms with E-state index in [2.05, 4.69) is 10.1 Å². The maximum Gasteiger partial charge on any atom is 0.311 e. The van der Waals surface area contributed by atoms with Crippen LogP contribution in [0.15, 0.2) is 12.3 Å². The van der Waals surface area contributed by atoms with E-state index in [-0.39, 0.29) is 18.5 Å². The van der Waals surface area contributed by atoms with E-state index in [4.69, 9.17) is 0 Å². The van der Waals surface area contributed by atoms with Crippen LogP contribution in [-0.4, -0.2) is 49.7 Å². The highest BCUT2D eigenvalue weighted by Crippen LogP contribution is 2.31. The number of carbonyl (C=O) groups is 2. The number of fused-ring (bicyclic) bond motifs is 1. The molecule has 0 spiro atoms. The minimum absolute atomic E-state index is 0.163. The van der Waals surface area contributed by atoms with Crippen molar-refractivity contribution < 1.29 is 14.7 Å². The molecule has 7 heteroatoms. The fourth-order valence-electron chi connectivity index (χ4n) is 3.14. The zero-order chi connectivity index (χ0) is 17.6. The highest BCUT2D eigenvalue weighted by molar-refractivity contribution is 5.98. The maximum absolute atomic E-state index is 12.8. The molecule has 1 fully saturated rings. The summed E-state index contributed by atoms with van der Waals surface area (Å²) >= 11 is 0. The molecular formula is C17H22N4O3. The number of likely N-dealkylation sites (tertiary alicyclic amines) is 1. The van der Waals surface area contributed by atoms with Gasteiger partial charge in [-0.15, -0.1) is 0 Å². The van der Waals surface area contributed by atoms with Crippen molar-refractivity contribution in [2.24, 2.45) is 5.41 Å². The number of aryl methyl sites for hydroxylation is 1. The standard InChI is InChI=1S/C17H22N4O3/c1-10(2)21-14-12(8-18-21)7-13(11(3)19-14)15(22)20-6-5-17(4,9-20)16(23)24/h7-8,10H,5-6,9H2,1-4H3,(H,23,24). The van der Waals surface area contributed by atoms with Crippen LogP contribution in [0.4, 0.5) is 0 Å². The largest absolute Gasteiger partial charge is 0.481 e. The molecule has 3 heterocycles. The normalized spacial score (nSPS) is 21.0. The Morgan fingerprint density at radius 3 is 2.67 bits per heavy atom. The Labute approximate surface area is 140 Å². The first-order chi connectivity index (χ1) is 11.2. The SMILES string of the molecule is Cc1nc2c(cnn2C(C)C)cc1C(=O)N1CCC(C)(C(=O)O)C1. The van der Waals surface area contributed by atoms with Crippen molar-refractivity contribution in [3.8, 4) is 0 Å². The lowest BCUT2D eigenvalue weighted by Gasteiger charge is -2.20. The number of pyridine rings is 1. The Morgan fingerprint density at radius 1 is 1.38 bits per heavy atom. The van der Waals surface area contributed by atoms with Crippen molar-refractivity contribution in [1.29, 1.82) is 0 Å². The van der Waals surface area contributed by atoms with E-state index in [0.29, 0.717) is 24.2 Å². The van der Waals surface area contributed by atoms with Crippen molar-refractivity contribution in [3.05, 3.63) is 23.5 Å². The number of nitrogens with zero attached hydrogens (tertiary/aromatic N) is 4. The molecule has 1 atom stereocenters. The van der Waals surface area contributed by atoms with Crippen LogP contribution >= 0.6 is 0 Å². The second-order valence-corrected chi connectivity index (χ2v) is 7.06. The van der Waals surface area contributed by atoms with Gasteiger partial charge in [-0.1, -0.05) is 0 Å². The lowest BCUT2D eigenvalue weighted by atomic mass is 9.90. The fourth-order valence-corrected chi connectivity index (χ4v) is 3.14. The van der Waals surface area contributed by atoms with Gasteiger partial charge in [0.1, 0.15) is 0 Å². The first kappa shape index (κ1) is 16.4. The average molecular weight is 330 g/mol. The summed E-state index contributed by atoms with van der Waals surface area (Å²) in [7, 11) is 0. The molecular weight excluding hydrogens is 308 g/mol. The van der Waals surface area contributed by atoms with Crippen LogP contribution in [0.25, 0.3) is 11.0 Å². The number of carboxylic acid groups (broad SMARTS) is 1. The molecule has 128 valence electrons. The molecule has 24 heavy (non-hydrogen) atoms. The molecule has 0 saturated carbocycles. The van der Waals surface area contributed by atoms with E-state index in [9.17, 15) is 14.7 Å². The van der Waals surface area contributed by atoms with E-state index >= 15 is 0 Å². The van der Waals surface area contributed by atoms with Gasteiger partial charge in [-0.2, -0.15) is 5.10 Å². The van der Waals surface area contributed by atoms with Crippen molar-refractivity contribution in [1.82, 2.24) is 19.7 Å². The van der Waals surface area contributed by atoms with E-state index in [1.54, 1.807) is 24.9 Å². The number of carbonyl (C=O) groups excluding carboxylic acids is 1. The third-order valence-corrected chi connectivity index (χ3v) is 4.76. The lowest BCUT2D eigenvalue weighted by Crippen LogP contribution is -2.35. The second-order valence-electron chi connectivity index (χ2n) is 7.06. The van der Waals surface area contributed by atoms with Gasteiger partial charge in [-0.25, -0.2) is 9.67 Å². The number of amides is 1. The van der Waals surface area contributed by atoms with Gasteiger partial charge in [-0.3, -0.25) is 9.59 Å². The molecule has 1 aliphatic rings. The predicted octanol–water partition coefficient (Wildman–Crippen LogP) is 2.26.